The molecular weight excluding hydrogens is 196 g/mol. The van der Waals surface area contributed by atoms with Gasteiger partial charge in [-0.15, -0.1) is 0 Å². The molecule has 0 saturated carbocycles. The van der Waals surface area contributed by atoms with Gasteiger partial charge in [0.25, 0.3) is 5.69 Å². The molecule has 5 nitrogen and oxygen atoms in total. The second-order valence-electron chi connectivity index (χ2n) is 3.42. The van der Waals surface area contributed by atoms with Crippen molar-refractivity contribution in [2.45, 2.75) is 19.8 Å². The Hall–Kier alpha value is -1.62. The number of benzene rings is 1. The van der Waals surface area contributed by atoms with E-state index in [2.05, 4.69) is 0 Å². The first-order valence-electron chi connectivity index (χ1n) is 4.73. The Kier molecular flexibility index (Phi) is 3.62. The number of rotatable bonds is 4. The largest absolute Gasteiger partial charge is 0.507 e. The van der Waals surface area contributed by atoms with E-state index in [4.69, 9.17) is 5.73 Å². The van der Waals surface area contributed by atoms with Gasteiger partial charge in [-0.05, 0) is 31.9 Å². The minimum Gasteiger partial charge on any atom is -0.507 e. The second-order valence-corrected chi connectivity index (χ2v) is 3.42. The number of hydrogen-bond acceptors (Lipinski definition) is 4. The molecule has 0 radical (unpaired) electrons. The van der Waals surface area contributed by atoms with Crippen molar-refractivity contribution in [2.75, 3.05) is 6.54 Å². The number of nitro groups is 1. The van der Waals surface area contributed by atoms with Crippen molar-refractivity contribution in [1.82, 2.24) is 0 Å². The molecule has 0 aromatic heterocycles. The van der Waals surface area contributed by atoms with Crippen LogP contribution >= 0.6 is 0 Å². The van der Waals surface area contributed by atoms with Crippen LogP contribution in [-0.2, 0) is 6.42 Å². The van der Waals surface area contributed by atoms with Gasteiger partial charge in [-0.2, -0.15) is 0 Å². The van der Waals surface area contributed by atoms with E-state index in [1.54, 1.807) is 6.92 Å². The van der Waals surface area contributed by atoms with Gasteiger partial charge >= 0.3 is 0 Å². The van der Waals surface area contributed by atoms with E-state index in [1.165, 1.54) is 12.1 Å². The van der Waals surface area contributed by atoms with Gasteiger partial charge in [0.2, 0.25) is 0 Å². The fourth-order valence-electron chi connectivity index (χ4n) is 1.42. The number of nitro benzene ring substituents is 1. The van der Waals surface area contributed by atoms with Crippen LogP contribution in [0.5, 0.6) is 5.75 Å². The lowest BCUT2D eigenvalue weighted by molar-refractivity contribution is -0.385. The van der Waals surface area contributed by atoms with Crippen LogP contribution in [0.15, 0.2) is 12.1 Å². The van der Waals surface area contributed by atoms with Gasteiger partial charge in [-0.3, -0.25) is 10.1 Å². The molecule has 3 N–H and O–H groups in total. The average molecular weight is 210 g/mol. The molecule has 0 bridgehead atoms. The van der Waals surface area contributed by atoms with E-state index >= 15 is 0 Å². The molecule has 0 amide bonds. The standard InChI is InChI=1S/C10H14N2O3/c1-7-5-9(12(14)15)6-8(10(7)13)3-2-4-11/h5-6,13H,2-4,11H2,1H3. The molecule has 0 aliphatic rings. The fraction of sp³-hybridized carbons (Fsp3) is 0.400. The van der Waals surface area contributed by atoms with E-state index in [9.17, 15) is 15.2 Å². The average Bonchev–Trinajstić information content (AvgIpc) is 2.19. The smallest absolute Gasteiger partial charge is 0.270 e. The SMILES string of the molecule is Cc1cc([N+](=O)[O-])cc(CCCN)c1O. The number of aryl methyl sites for hydroxylation is 2. The third-order valence-electron chi connectivity index (χ3n) is 2.23. The van der Waals surface area contributed by atoms with Crippen LogP contribution in [0.25, 0.3) is 0 Å². The van der Waals surface area contributed by atoms with Crippen molar-refractivity contribution in [3.8, 4) is 5.75 Å². The lowest BCUT2D eigenvalue weighted by atomic mass is 10.0. The topological polar surface area (TPSA) is 89.4 Å². The maximum atomic E-state index is 10.6. The van der Waals surface area contributed by atoms with Crippen LogP contribution < -0.4 is 5.73 Å². The highest BCUT2D eigenvalue weighted by atomic mass is 16.6. The van der Waals surface area contributed by atoms with Crippen LogP contribution in [0.2, 0.25) is 0 Å². The predicted octanol–water partition coefficient (Wildman–Crippen LogP) is 1.50. The predicted molar refractivity (Wildman–Crippen MR) is 56.9 cm³/mol. The Morgan fingerprint density at radius 1 is 1.53 bits per heavy atom. The summed E-state index contributed by atoms with van der Waals surface area (Å²) in [6.45, 7) is 2.15. The Morgan fingerprint density at radius 3 is 2.73 bits per heavy atom. The summed E-state index contributed by atoms with van der Waals surface area (Å²) in [7, 11) is 0. The number of phenolic OH excluding ortho intramolecular Hbond substituents is 1. The Bertz CT molecular complexity index is 377. The first-order valence-corrected chi connectivity index (χ1v) is 4.73. The summed E-state index contributed by atoms with van der Waals surface area (Å²) in [5.41, 5.74) is 6.47. The summed E-state index contributed by atoms with van der Waals surface area (Å²) < 4.78 is 0. The van der Waals surface area contributed by atoms with Gasteiger partial charge < -0.3 is 10.8 Å². The molecule has 0 fully saturated rings. The summed E-state index contributed by atoms with van der Waals surface area (Å²) in [4.78, 5) is 10.1. The zero-order chi connectivity index (χ0) is 11.4. The lowest BCUT2D eigenvalue weighted by Crippen LogP contribution is -2.01. The molecule has 0 aliphatic heterocycles. The number of hydrogen-bond donors (Lipinski definition) is 2. The fourth-order valence-corrected chi connectivity index (χ4v) is 1.42. The van der Waals surface area contributed by atoms with E-state index in [0.717, 1.165) is 0 Å². The molecule has 0 heterocycles. The summed E-state index contributed by atoms with van der Waals surface area (Å²) in [6, 6.07) is 2.76. The maximum absolute atomic E-state index is 10.6. The summed E-state index contributed by atoms with van der Waals surface area (Å²) in [5.74, 6) is 0.133. The number of nitrogens with two attached hydrogens (primary N) is 1. The minimum absolute atomic E-state index is 0.0114. The highest BCUT2D eigenvalue weighted by Gasteiger charge is 2.13. The van der Waals surface area contributed by atoms with Crippen LogP contribution in [0.1, 0.15) is 17.5 Å². The molecule has 0 saturated heterocycles. The van der Waals surface area contributed by atoms with Gasteiger partial charge in [0, 0.05) is 17.7 Å². The third-order valence-corrected chi connectivity index (χ3v) is 2.23. The zero-order valence-corrected chi connectivity index (χ0v) is 8.56. The molecule has 1 aromatic carbocycles. The number of phenols is 1. The number of nitrogens with zero attached hydrogens (tertiary/aromatic N) is 1. The van der Waals surface area contributed by atoms with Gasteiger partial charge in [-0.1, -0.05) is 0 Å². The van der Waals surface area contributed by atoms with Gasteiger partial charge in [0.15, 0.2) is 0 Å². The Balaban J connectivity index is 3.07. The molecule has 0 aliphatic carbocycles. The summed E-state index contributed by atoms with van der Waals surface area (Å²) in [5, 5.41) is 20.3. The van der Waals surface area contributed by atoms with Crippen LogP contribution in [0, 0.1) is 17.0 Å². The molecule has 82 valence electrons. The Morgan fingerprint density at radius 2 is 2.20 bits per heavy atom. The van der Waals surface area contributed by atoms with Crippen molar-refractivity contribution in [2.24, 2.45) is 5.73 Å². The second kappa shape index (κ2) is 4.75. The molecule has 1 rings (SSSR count). The lowest BCUT2D eigenvalue weighted by Gasteiger charge is -2.06. The van der Waals surface area contributed by atoms with E-state index in [1.807, 2.05) is 0 Å². The normalized spacial score (nSPS) is 10.3. The van der Waals surface area contributed by atoms with Crippen LogP contribution in [0.3, 0.4) is 0 Å². The van der Waals surface area contributed by atoms with E-state index < -0.39 is 4.92 Å². The van der Waals surface area contributed by atoms with E-state index in [0.29, 0.717) is 30.5 Å². The zero-order valence-electron chi connectivity index (χ0n) is 8.56. The highest BCUT2D eigenvalue weighted by molar-refractivity contribution is 5.48. The maximum Gasteiger partial charge on any atom is 0.270 e. The van der Waals surface area contributed by atoms with Crippen molar-refractivity contribution in [1.29, 1.82) is 0 Å². The molecule has 0 spiro atoms. The summed E-state index contributed by atoms with van der Waals surface area (Å²) >= 11 is 0. The van der Waals surface area contributed by atoms with Gasteiger partial charge in [-0.25, -0.2) is 0 Å². The first kappa shape index (κ1) is 11.5. The molecule has 5 heteroatoms. The first-order chi connectivity index (χ1) is 7.06. The number of non-ortho nitro benzene ring substituents is 1. The van der Waals surface area contributed by atoms with Crippen molar-refractivity contribution < 1.29 is 10.0 Å². The van der Waals surface area contributed by atoms with Crippen LogP contribution in [-0.4, -0.2) is 16.6 Å². The van der Waals surface area contributed by atoms with Crippen molar-refractivity contribution >= 4 is 5.69 Å². The molecular formula is C10H14N2O3. The van der Waals surface area contributed by atoms with Gasteiger partial charge in [0.05, 0.1) is 4.92 Å². The molecule has 15 heavy (non-hydrogen) atoms. The van der Waals surface area contributed by atoms with Crippen molar-refractivity contribution in [3.05, 3.63) is 33.4 Å². The number of aromatic hydroxyl groups is 1. The molecule has 0 unspecified atom stereocenters. The quantitative estimate of drug-likeness (QED) is 0.582. The Labute approximate surface area is 87.7 Å². The van der Waals surface area contributed by atoms with Crippen molar-refractivity contribution in [3.63, 3.8) is 0 Å². The highest BCUT2D eigenvalue weighted by Crippen LogP contribution is 2.28. The monoisotopic (exact) mass is 210 g/mol. The van der Waals surface area contributed by atoms with E-state index in [-0.39, 0.29) is 11.4 Å². The third kappa shape index (κ3) is 2.66. The summed E-state index contributed by atoms with van der Waals surface area (Å²) in [6.07, 6.45) is 1.26. The molecule has 1 aromatic rings. The van der Waals surface area contributed by atoms with Gasteiger partial charge in [0.1, 0.15) is 5.75 Å². The minimum atomic E-state index is -0.460. The molecule has 0 atom stereocenters. The van der Waals surface area contributed by atoms with Crippen LogP contribution in [0.4, 0.5) is 5.69 Å².